The molecule has 90 valence electrons. The van der Waals surface area contributed by atoms with Crippen molar-refractivity contribution in [3.8, 4) is 6.07 Å². The third-order valence-electron chi connectivity index (χ3n) is 3.22. The molecule has 2 unspecified atom stereocenters. The summed E-state index contributed by atoms with van der Waals surface area (Å²) in [5, 5.41) is 9.55. The molecule has 1 aromatic rings. The molecule has 1 aliphatic carbocycles. The highest BCUT2D eigenvalue weighted by atomic mass is 32.2. The van der Waals surface area contributed by atoms with Gasteiger partial charge >= 0.3 is 0 Å². The van der Waals surface area contributed by atoms with E-state index < -0.39 is 0 Å². The van der Waals surface area contributed by atoms with Crippen LogP contribution in [0.1, 0.15) is 32.1 Å². The van der Waals surface area contributed by atoms with Crippen molar-refractivity contribution in [2.75, 3.05) is 0 Å². The number of halogens is 1. The van der Waals surface area contributed by atoms with Gasteiger partial charge in [-0.2, -0.15) is 5.26 Å². The van der Waals surface area contributed by atoms with E-state index in [9.17, 15) is 9.65 Å². The summed E-state index contributed by atoms with van der Waals surface area (Å²) in [6.45, 7) is 0. The van der Waals surface area contributed by atoms with Gasteiger partial charge < -0.3 is 0 Å². The van der Waals surface area contributed by atoms with E-state index in [0.29, 0.717) is 5.25 Å². The topological polar surface area (TPSA) is 23.8 Å². The van der Waals surface area contributed by atoms with E-state index >= 15 is 0 Å². The summed E-state index contributed by atoms with van der Waals surface area (Å²) in [5.41, 5.74) is 0. The van der Waals surface area contributed by atoms with Crippen LogP contribution in [0.15, 0.2) is 29.2 Å². The summed E-state index contributed by atoms with van der Waals surface area (Å²) < 4.78 is 12.8. The lowest BCUT2D eigenvalue weighted by atomic mass is 10.0. The smallest absolute Gasteiger partial charge is 0.123 e. The van der Waals surface area contributed by atoms with Gasteiger partial charge in [-0.05, 0) is 37.1 Å². The van der Waals surface area contributed by atoms with E-state index in [2.05, 4.69) is 6.07 Å². The van der Waals surface area contributed by atoms with E-state index in [4.69, 9.17) is 0 Å². The van der Waals surface area contributed by atoms with E-state index in [-0.39, 0.29) is 11.7 Å². The molecule has 1 saturated carbocycles. The second-order valence-corrected chi connectivity index (χ2v) is 5.80. The molecule has 0 amide bonds. The van der Waals surface area contributed by atoms with Crippen LogP contribution in [-0.2, 0) is 0 Å². The Kier molecular flexibility index (Phi) is 4.44. The van der Waals surface area contributed by atoms with Crippen LogP contribution in [0.25, 0.3) is 0 Å². The number of rotatable bonds is 2. The largest absolute Gasteiger partial charge is 0.207 e. The second kappa shape index (κ2) is 6.07. The minimum absolute atomic E-state index is 0.146. The van der Waals surface area contributed by atoms with Crippen LogP contribution in [0.2, 0.25) is 0 Å². The molecule has 0 aromatic heterocycles. The minimum Gasteiger partial charge on any atom is -0.207 e. The van der Waals surface area contributed by atoms with Crippen LogP contribution in [0.5, 0.6) is 0 Å². The van der Waals surface area contributed by atoms with Crippen molar-refractivity contribution in [1.82, 2.24) is 0 Å². The SMILES string of the molecule is N#CC1CCCCCC1Sc1ccc(F)cc1. The van der Waals surface area contributed by atoms with Gasteiger partial charge in [0.05, 0.1) is 12.0 Å². The lowest BCUT2D eigenvalue weighted by molar-refractivity contribution is 0.585. The van der Waals surface area contributed by atoms with Crippen molar-refractivity contribution in [1.29, 1.82) is 5.26 Å². The summed E-state index contributed by atoms with van der Waals surface area (Å²) in [7, 11) is 0. The molecule has 3 heteroatoms. The molecule has 0 saturated heterocycles. The lowest BCUT2D eigenvalue weighted by Crippen LogP contribution is -2.13. The Morgan fingerprint density at radius 1 is 1.12 bits per heavy atom. The molecule has 1 fully saturated rings. The maximum Gasteiger partial charge on any atom is 0.123 e. The molecule has 0 radical (unpaired) electrons. The molecule has 17 heavy (non-hydrogen) atoms. The van der Waals surface area contributed by atoms with E-state index in [1.807, 2.05) is 0 Å². The number of nitriles is 1. The normalized spacial score (nSPS) is 24.9. The highest BCUT2D eigenvalue weighted by Crippen LogP contribution is 2.36. The van der Waals surface area contributed by atoms with Crippen molar-refractivity contribution in [3.05, 3.63) is 30.1 Å². The molecular weight excluding hydrogens is 233 g/mol. The Balaban J connectivity index is 2.05. The zero-order valence-electron chi connectivity index (χ0n) is 9.73. The molecule has 0 bridgehead atoms. The predicted octanol–water partition coefficient (Wildman–Crippen LogP) is 4.39. The summed E-state index contributed by atoms with van der Waals surface area (Å²) in [6, 6.07) is 9.01. The van der Waals surface area contributed by atoms with Gasteiger partial charge in [-0.1, -0.05) is 19.3 Å². The molecule has 0 N–H and O–H groups in total. The number of hydrogen-bond acceptors (Lipinski definition) is 2. The Morgan fingerprint density at radius 2 is 1.82 bits per heavy atom. The third kappa shape index (κ3) is 3.47. The third-order valence-corrected chi connectivity index (χ3v) is 4.63. The first kappa shape index (κ1) is 12.4. The Morgan fingerprint density at radius 3 is 2.53 bits per heavy atom. The average Bonchev–Trinajstić information content (AvgIpc) is 2.57. The molecule has 0 heterocycles. The zero-order chi connectivity index (χ0) is 12.1. The van der Waals surface area contributed by atoms with Crippen LogP contribution in [0, 0.1) is 23.1 Å². The van der Waals surface area contributed by atoms with Crippen molar-refractivity contribution in [2.24, 2.45) is 5.92 Å². The maximum atomic E-state index is 12.8. The molecule has 2 atom stereocenters. The molecule has 1 aromatic carbocycles. The Hall–Kier alpha value is -1.01. The number of hydrogen-bond donors (Lipinski definition) is 0. The second-order valence-electron chi connectivity index (χ2n) is 4.48. The average molecular weight is 249 g/mol. The standard InChI is InChI=1S/C14H16FNS/c15-12-6-8-13(9-7-12)17-14-5-3-1-2-4-11(14)10-16/h6-9,11,14H,1-5H2. The van der Waals surface area contributed by atoms with Crippen LogP contribution in [-0.4, -0.2) is 5.25 Å². The van der Waals surface area contributed by atoms with E-state index in [1.165, 1.54) is 31.4 Å². The van der Waals surface area contributed by atoms with E-state index in [0.717, 1.165) is 17.7 Å². The molecule has 1 nitrogen and oxygen atoms in total. The summed E-state index contributed by atoms with van der Waals surface area (Å²) >= 11 is 1.73. The van der Waals surface area contributed by atoms with Crippen molar-refractivity contribution in [3.63, 3.8) is 0 Å². The molecule has 0 spiro atoms. The maximum absolute atomic E-state index is 12.8. The van der Waals surface area contributed by atoms with Crippen LogP contribution >= 0.6 is 11.8 Å². The van der Waals surface area contributed by atoms with Crippen LogP contribution < -0.4 is 0 Å². The first-order valence-electron chi connectivity index (χ1n) is 6.11. The minimum atomic E-state index is -0.202. The van der Waals surface area contributed by atoms with Gasteiger partial charge in [-0.3, -0.25) is 0 Å². The van der Waals surface area contributed by atoms with Crippen molar-refractivity contribution >= 4 is 11.8 Å². The lowest BCUT2D eigenvalue weighted by Gasteiger charge is -2.18. The van der Waals surface area contributed by atoms with Crippen molar-refractivity contribution in [2.45, 2.75) is 42.2 Å². The monoisotopic (exact) mass is 249 g/mol. The summed E-state index contributed by atoms with van der Waals surface area (Å²) in [5.74, 6) is -0.0559. The van der Waals surface area contributed by atoms with Gasteiger partial charge in [0.25, 0.3) is 0 Å². The van der Waals surface area contributed by atoms with Gasteiger partial charge in [-0.15, -0.1) is 11.8 Å². The first-order chi connectivity index (χ1) is 8.29. The fourth-order valence-electron chi connectivity index (χ4n) is 2.25. The first-order valence-corrected chi connectivity index (χ1v) is 6.99. The summed E-state index contributed by atoms with van der Waals surface area (Å²) in [4.78, 5) is 1.07. The molecule has 0 aliphatic heterocycles. The van der Waals surface area contributed by atoms with Crippen LogP contribution in [0.4, 0.5) is 4.39 Å². The Bertz CT molecular complexity index is 396. The quantitative estimate of drug-likeness (QED) is 0.726. The number of benzene rings is 1. The fourth-order valence-corrected chi connectivity index (χ4v) is 3.54. The van der Waals surface area contributed by atoms with Gasteiger partial charge in [0, 0.05) is 10.1 Å². The Labute approximate surface area is 106 Å². The molecule has 1 aliphatic rings. The van der Waals surface area contributed by atoms with Gasteiger partial charge in [0.15, 0.2) is 0 Å². The fraction of sp³-hybridized carbons (Fsp3) is 0.500. The predicted molar refractivity (Wildman–Crippen MR) is 68.2 cm³/mol. The van der Waals surface area contributed by atoms with E-state index in [1.54, 1.807) is 23.9 Å². The number of thioether (sulfide) groups is 1. The van der Waals surface area contributed by atoms with Gasteiger partial charge in [0.2, 0.25) is 0 Å². The van der Waals surface area contributed by atoms with Gasteiger partial charge in [0.1, 0.15) is 5.82 Å². The van der Waals surface area contributed by atoms with Gasteiger partial charge in [-0.25, -0.2) is 4.39 Å². The van der Waals surface area contributed by atoms with Crippen molar-refractivity contribution < 1.29 is 4.39 Å². The highest BCUT2D eigenvalue weighted by Gasteiger charge is 2.24. The highest BCUT2D eigenvalue weighted by molar-refractivity contribution is 8.00. The molecular formula is C14H16FNS. The van der Waals surface area contributed by atoms with Crippen LogP contribution in [0.3, 0.4) is 0 Å². The number of nitrogens with zero attached hydrogens (tertiary/aromatic N) is 1. The zero-order valence-corrected chi connectivity index (χ0v) is 10.5. The molecule has 2 rings (SSSR count). The summed E-state index contributed by atoms with van der Waals surface area (Å²) in [6.07, 6.45) is 5.71.